The van der Waals surface area contributed by atoms with Crippen molar-refractivity contribution in [3.05, 3.63) is 60.4 Å². The molecule has 0 aliphatic heterocycles. The molecule has 0 bridgehead atoms. The van der Waals surface area contributed by atoms with Gasteiger partial charge in [0.25, 0.3) is 0 Å². The zero-order valence-corrected chi connectivity index (χ0v) is 18.5. The lowest BCUT2D eigenvalue weighted by Gasteiger charge is -2.15. The second-order valence-electron chi connectivity index (χ2n) is 7.43. The SMILES string of the molecule is CCc1cc(Nc2ccn3ncc(-c4ccc(N(C)C)cc4)c3n2)cc(OC)c1OC. The van der Waals surface area contributed by atoms with Crippen LogP contribution in [0.1, 0.15) is 12.5 Å². The zero-order valence-electron chi connectivity index (χ0n) is 18.5. The molecule has 0 aliphatic carbocycles. The summed E-state index contributed by atoms with van der Waals surface area (Å²) in [6, 6.07) is 14.3. The predicted molar refractivity (Wildman–Crippen MR) is 125 cm³/mol. The van der Waals surface area contributed by atoms with Crippen molar-refractivity contribution in [2.24, 2.45) is 0 Å². The molecule has 0 amide bonds. The van der Waals surface area contributed by atoms with Gasteiger partial charge < -0.3 is 19.7 Å². The fourth-order valence-corrected chi connectivity index (χ4v) is 3.61. The molecule has 0 unspecified atom stereocenters. The number of ether oxygens (including phenoxy) is 2. The van der Waals surface area contributed by atoms with E-state index in [2.05, 4.69) is 52.6 Å². The fraction of sp³-hybridized carbons (Fsp3) is 0.250. The summed E-state index contributed by atoms with van der Waals surface area (Å²) >= 11 is 0. The number of aromatic nitrogens is 3. The van der Waals surface area contributed by atoms with Crippen molar-refractivity contribution >= 4 is 22.8 Å². The molecule has 2 heterocycles. The monoisotopic (exact) mass is 417 g/mol. The molecule has 31 heavy (non-hydrogen) atoms. The van der Waals surface area contributed by atoms with E-state index in [1.807, 2.05) is 38.6 Å². The normalized spacial score (nSPS) is 10.9. The molecule has 0 saturated heterocycles. The van der Waals surface area contributed by atoms with Gasteiger partial charge in [-0.15, -0.1) is 0 Å². The quantitative estimate of drug-likeness (QED) is 0.467. The van der Waals surface area contributed by atoms with Crippen LogP contribution in [0.2, 0.25) is 0 Å². The van der Waals surface area contributed by atoms with Gasteiger partial charge in [0, 0.05) is 43.3 Å². The molecule has 0 saturated carbocycles. The van der Waals surface area contributed by atoms with Gasteiger partial charge in [0.2, 0.25) is 0 Å². The largest absolute Gasteiger partial charge is 0.493 e. The van der Waals surface area contributed by atoms with Crippen LogP contribution in [0.3, 0.4) is 0 Å². The van der Waals surface area contributed by atoms with Gasteiger partial charge in [-0.1, -0.05) is 19.1 Å². The summed E-state index contributed by atoms with van der Waals surface area (Å²) in [5.74, 6) is 2.18. The number of hydrogen-bond acceptors (Lipinski definition) is 6. The van der Waals surface area contributed by atoms with Crippen molar-refractivity contribution in [2.45, 2.75) is 13.3 Å². The third-order valence-electron chi connectivity index (χ3n) is 5.27. The van der Waals surface area contributed by atoms with E-state index in [0.29, 0.717) is 5.75 Å². The summed E-state index contributed by atoms with van der Waals surface area (Å²) in [6.45, 7) is 2.09. The van der Waals surface area contributed by atoms with Gasteiger partial charge in [0.05, 0.1) is 20.4 Å². The Morgan fingerprint density at radius 1 is 1.03 bits per heavy atom. The molecular formula is C24H27N5O2. The summed E-state index contributed by atoms with van der Waals surface area (Å²) in [7, 11) is 7.36. The van der Waals surface area contributed by atoms with E-state index in [-0.39, 0.29) is 0 Å². The van der Waals surface area contributed by atoms with E-state index in [0.717, 1.165) is 51.7 Å². The van der Waals surface area contributed by atoms with E-state index in [4.69, 9.17) is 14.5 Å². The molecule has 2 aromatic heterocycles. The van der Waals surface area contributed by atoms with Crippen LogP contribution in [0, 0.1) is 0 Å². The summed E-state index contributed by atoms with van der Waals surface area (Å²) in [4.78, 5) is 6.90. The molecule has 160 valence electrons. The first-order valence-electron chi connectivity index (χ1n) is 10.2. The highest BCUT2D eigenvalue weighted by Crippen LogP contribution is 2.36. The van der Waals surface area contributed by atoms with Crippen LogP contribution in [0.4, 0.5) is 17.2 Å². The summed E-state index contributed by atoms with van der Waals surface area (Å²) in [6.07, 6.45) is 4.59. The number of fused-ring (bicyclic) bond motifs is 1. The summed E-state index contributed by atoms with van der Waals surface area (Å²) in [5, 5.41) is 7.85. The van der Waals surface area contributed by atoms with Crippen LogP contribution in [0.5, 0.6) is 11.5 Å². The average molecular weight is 418 g/mol. The van der Waals surface area contributed by atoms with Gasteiger partial charge in [0.15, 0.2) is 17.1 Å². The van der Waals surface area contributed by atoms with Crippen LogP contribution >= 0.6 is 0 Å². The summed E-state index contributed by atoms with van der Waals surface area (Å²) < 4.78 is 12.8. The van der Waals surface area contributed by atoms with Crippen molar-refractivity contribution in [3.63, 3.8) is 0 Å². The van der Waals surface area contributed by atoms with Crippen molar-refractivity contribution in [1.29, 1.82) is 0 Å². The molecule has 7 heteroatoms. The number of nitrogens with zero attached hydrogens (tertiary/aromatic N) is 4. The Bertz CT molecular complexity index is 1170. The highest BCUT2D eigenvalue weighted by molar-refractivity contribution is 5.79. The molecule has 0 aliphatic rings. The van der Waals surface area contributed by atoms with Gasteiger partial charge >= 0.3 is 0 Å². The number of methoxy groups -OCH3 is 2. The van der Waals surface area contributed by atoms with Gasteiger partial charge in [0.1, 0.15) is 5.82 Å². The van der Waals surface area contributed by atoms with E-state index in [1.165, 1.54) is 0 Å². The lowest BCUT2D eigenvalue weighted by atomic mass is 10.1. The zero-order chi connectivity index (χ0) is 22.0. The van der Waals surface area contributed by atoms with Crippen molar-refractivity contribution in [3.8, 4) is 22.6 Å². The molecule has 0 atom stereocenters. The minimum atomic E-state index is 0.691. The van der Waals surface area contributed by atoms with Crippen molar-refractivity contribution < 1.29 is 9.47 Å². The van der Waals surface area contributed by atoms with Gasteiger partial charge in [-0.3, -0.25) is 0 Å². The van der Waals surface area contributed by atoms with Gasteiger partial charge in [-0.2, -0.15) is 5.10 Å². The van der Waals surface area contributed by atoms with E-state index >= 15 is 0 Å². The lowest BCUT2D eigenvalue weighted by Crippen LogP contribution is -2.07. The van der Waals surface area contributed by atoms with E-state index in [9.17, 15) is 0 Å². The fourth-order valence-electron chi connectivity index (χ4n) is 3.61. The number of aryl methyl sites for hydroxylation is 1. The predicted octanol–water partition coefficient (Wildman–Crippen LogP) is 4.79. The first-order valence-corrected chi connectivity index (χ1v) is 10.2. The smallest absolute Gasteiger partial charge is 0.165 e. The molecule has 0 spiro atoms. The highest BCUT2D eigenvalue weighted by Gasteiger charge is 2.13. The van der Waals surface area contributed by atoms with Crippen LogP contribution < -0.4 is 19.7 Å². The van der Waals surface area contributed by atoms with Gasteiger partial charge in [-0.25, -0.2) is 9.50 Å². The number of hydrogen-bond donors (Lipinski definition) is 1. The van der Waals surface area contributed by atoms with E-state index in [1.54, 1.807) is 18.7 Å². The highest BCUT2D eigenvalue weighted by atomic mass is 16.5. The molecule has 7 nitrogen and oxygen atoms in total. The minimum absolute atomic E-state index is 0.691. The maximum absolute atomic E-state index is 5.52. The second kappa shape index (κ2) is 8.55. The molecule has 2 aromatic carbocycles. The number of anilines is 3. The number of nitrogens with one attached hydrogen (secondary N) is 1. The average Bonchev–Trinajstić information content (AvgIpc) is 3.21. The summed E-state index contributed by atoms with van der Waals surface area (Å²) in [5.41, 5.74) is 5.95. The standard InChI is InChI=1S/C24H27N5O2/c1-6-16-13-18(14-21(30-4)23(16)31-5)26-22-11-12-29-24(27-22)20(15-25-29)17-7-9-19(10-8-17)28(2)3/h7-15H,6H2,1-5H3,(H,26,27). The second-order valence-corrected chi connectivity index (χ2v) is 7.43. The number of rotatable bonds is 7. The molecule has 0 radical (unpaired) electrons. The first-order chi connectivity index (χ1) is 15.0. The Morgan fingerprint density at radius 2 is 1.81 bits per heavy atom. The van der Waals surface area contributed by atoms with Gasteiger partial charge in [-0.05, 0) is 41.8 Å². The van der Waals surface area contributed by atoms with Crippen LogP contribution in [-0.4, -0.2) is 42.9 Å². The maximum atomic E-state index is 5.52. The Labute approximate surface area is 182 Å². The third-order valence-corrected chi connectivity index (χ3v) is 5.27. The molecule has 4 aromatic rings. The Hall–Kier alpha value is -3.74. The minimum Gasteiger partial charge on any atom is -0.493 e. The Kier molecular flexibility index (Phi) is 5.66. The van der Waals surface area contributed by atoms with Crippen LogP contribution in [0.25, 0.3) is 16.8 Å². The first kappa shape index (κ1) is 20.5. The Morgan fingerprint density at radius 3 is 2.45 bits per heavy atom. The van der Waals surface area contributed by atoms with Crippen LogP contribution in [-0.2, 0) is 6.42 Å². The van der Waals surface area contributed by atoms with Crippen molar-refractivity contribution in [2.75, 3.05) is 38.5 Å². The topological polar surface area (TPSA) is 63.9 Å². The number of benzene rings is 2. The van der Waals surface area contributed by atoms with Crippen LogP contribution in [0.15, 0.2) is 54.9 Å². The van der Waals surface area contributed by atoms with Crippen molar-refractivity contribution in [1.82, 2.24) is 14.6 Å². The molecule has 1 N–H and O–H groups in total. The van der Waals surface area contributed by atoms with E-state index < -0.39 is 0 Å². The third kappa shape index (κ3) is 3.99. The maximum Gasteiger partial charge on any atom is 0.165 e. The molecular weight excluding hydrogens is 390 g/mol. The lowest BCUT2D eigenvalue weighted by molar-refractivity contribution is 0.352. The Balaban J connectivity index is 1.69. The molecule has 4 rings (SSSR count). The molecule has 0 fully saturated rings.